The summed E-state index contributed by atoms with van der Waals surface area (Å²) in [6.45, 7) is 2.12. The Morgan fingerprint density at radius 2 is 1.84 bits per heavy atom. The molecule has 1 aromatic heterocycles. The van der Waals surface area contributed by atoms with E-state index >= 15 is 0 Å². The molecule has 0 saturated heterocycles. The Bertz CT molecular complexity index is 500. The van der Waals surface area contributed by atoms with Crippen LogP contribution in [0.25, 0.3) is 0 Å². The van der Waals surface area contributed by atoms with Gasteiger partial charge in [-0.05, 0) is 56.1 Å². The topological polar surface area (TPSA) is 34.1 Å². The summed E-state index contributed by atoms with van der Waals surface area (Å²) in [6, 6.07) is 11.8. The summed E-state index contributed by atoms with van der Waals surface area (Å²) >= 11 is 6.94. The second-order valence-electron chi connectivity index (χ2n) is 3.90. The van der Waals surface area contributed by atoms with Crippen LogP contribution in [0.2, 0.25) is 0 Å². The zero-order chi connectivity index (χ0) is 13.5. The number of ether oxygens (including phenoxy) is 1. The molecule has 0 saturated carbocycles. The first-order valence-electron chi connectivity index (χ1n) is 5.95. The lowest BCUT2D eigenvalue weighted by molar-refractivity contribution is 0.309. The number of aromatic nitrogens is 1. The first-order chi connectivity index (χ1) is 9.27. The van der Waals surface area contributed by atoms with Crippen LogP contribution in [0.4, 0.5) is 0 Å². The molecule has 1 N–H and O–H groups in total. The van der Waals surface area contributed by atoms with Crippen molar-refractivity contribution in [1.82, 2.24) is 10.3 Å². The molecule has 0 atom stereocenters. The molecule has 0 radical (unpaired) electrons. The maximum atomic E-state index is 5.73. The van der Waals surface area contributed by atoms with E-state index in [2.05, 4.69) is 42.2 Å². The van der Waals surface area contributed by atoms with Gasteiger partial charge in [-0.15, -0.1) is 0 Å². The summed E-state index contributed by atoms with van der Waals surface area (Å²) in [7, 11) is 0. The minimum absolute atomic E-state index is 0.605. The van der Waals surface area contributed by atoms with Crippen LogP contribution in [-0.4, -0.2) is 18.1 Å². The zero-order valence-electron chi connectivity index (χ0n) is 10.3. The summed E-state index contributed by atoms with van der Waals surface area (Å²) in [5.41, 5.74) is 1.03. The van der Waals surface area contributed by atoms with E-state index in [4.69, 9.17) is 4.74 Å². The number of benzene rings is 1. The molecule has 19 heavy (non-hydrogen) atoms. The van der Waals surface area contributed by atoms with Gasteiger partial charge in [-0.25, -0.2) is 0 Å². The average Bonchev–Trinajstić information content (AvgIpc) is 2.42. The summed E-state index contributed by atoms with van der Waals surface area (Å²) in [4.78, 5) is 4.24. The molecule has 0 aliphatic rings. The predicted octanol–water partition coefficient (Wildman–Crippen LogP) is 3.78. The van der Waals surface area contributed by atoms with Crippen molar-refractivity contribution in [1.29, 1.82) is 0 Å². The molecule has 0 unspecified atom stereocenters. The van der Waals surface area contributed by atoms with Gasteiger partial charge in [-0.3, -0.25) is 4.98 Å². The number of rotatable bonds is 6. The van der Waals surface area contributed by atoms with Crippen LogP contribution in [0.1, 0.15) is 5.69 Å². The third-order valence-corrected chi connectivity index (χ3v) is 3.73. The van der Waals surface area contributed by atoms with Gasteiger partial charge >= 0.3 is 0 Å². The number of halogens is 2. The molecule has 1 aromatic carbocycles. The SMILES string of the molecule is Brc1cccc(Br)c1OCCNCc1ccccn1. The largest absolute Gasteiger partial charge is 0.490 e. The highest BCUT2D eigenvalue weighted by atomic mass is 79.9. The van der Waals surface area contributed by atoms with Crippen LogP contribution >= 0.6 is 31.9 Å². The number of para-hydroxylation sites is 1. The van der Waals surface area contributed by atoms with Gasteiger partial charge in [0, 0.05) is 19.3 Å². The van der Waals surface area contributed by atoms with E-state index in [1.165, 1.54) is 0 Å². The normalized spacial score (nSPS) is 10.4. The molecule has 2 rings (SSSR count). The van der Waals surface area contributed by atoms with Gasteiger partial charge in [0.2, 0.25) is 0 Å². The molecule has 3 nitrogen and oxygen atoms in total. The van der Waals surface area contributed by atoms with Crippen LogP contribution < -0.4 is 10.1 Å². The molecule has 0 aliphatic carbocycles. The van der Waals surface area contributed by atoms with Crippen molar-refractivity contribution in [2.24, 2.45) is 0 Å². The van der Waals surface area contributed by atoms with E-state index in [0.29, 0.717) is 6.61 Å². The molecular weight excluding hydrogens is 372 g/mol. The maximum Gasteiger partial charge on any atom is 0.147 e. The summed E-state index contributed by atoms with van der Waals surface area (Å²) in [5.74, 6) is 0.835. The third-order valence-electron chi connectivity index (χ3n) is 2.48. The lowest BCUT2D eigenvalue weighted by atomic mass is 10.3. The smallest absolute Gasteiger partial charge is 0.147 e. The zero-order valence-corrected chi connectivity index (χ0v) is 13.4. The number of hydrogen-bond donors (Lipinski definition) is 1. The van der Waals surface area contributed by atoms with Gasteiger partial charge in [-0.2, -0.15) is 0 Å². The molecule has 0 fully saturated rings. The number of nitrogens with one attached hydrogen (secondary N) is 1. The van der Waals surface area contributed by atoms with E-state index < -0.39 is 0 Å². The maximum absolute atomic E-state index is 5.73. The lowest BCUT2D eigenvalue weighted by Gasteiger charge is -2.10. The molecular formula is C14H14Br2N2O. The summed E-state index contributed by atoms with van der Waals surface area (Å²) in [6.07, 6.45) is 1.80. The molecule has 0 aliphatic heterocycles. The Labute approximate surface area is 129 Å². The molecule has 0 amide bonds. The Kier molecular flexibility index (Phi) is 5.82. The standard InChI is InChI=1S/C14H14Br2N2O/c15-12-5-3-6-13(16)14(12)19-9-8-17-10-11-4-1-2-7-18-11/h1-7,17H,8-10H2. The highest BCUT2D eigenvalue weighted by molar-refractivity contribution is 9.11. The minimum atomic E-state index is 0.605. The average molecular weight is 386 g/mol. The Balaban J connectivity index is 1.73. The van der Waals surface area contributed by atoms with Crippen LogP contribution in [0.15, 0.2) is 51.5 Å². The fraction of sp³-hybridized carbons (Fsp3) is 0.214. The Morgan fingerprint density at radius 1 is 1.05 bits per heavy atom. The van der Waals surface area contributed by atoms with E-state index in [1.807, 2.05) is 36.4 Å². The molecule has 0 spiro atoms. The van der Waals surface area contributed by atoms with Gasteiger partial charge < -0.3 is 10.1 Å². The fourth-order valence-electron chi connectivity index (χ4n) is 1.56. The van der Waals surface area contributed by atoms with E-state index in [9.17, 15) is 0 Å². The fourth-order valence-corrected chi connectivity index (χ4v) is 2.79. The van der Waals surface area contributed by atoms with Crippen LogP contribution in [0, 0.1) is 0 Å². The van der Waals surface area contributed by atoms with E-state index in [0.717, 1.165) is 33.5 Å². The van der Waals surface area contributed by atoms with Crippen molar-refractivity contribution in [2.45, 2.75) is 6.54 Å². The van der Waals surface area contributed by atoms with Gasteiger partial charge in [-0.1, -0.05) is 12.1 Å². The number of hydrogen-bond acceptors (Lipinski definition) is 3. The molecule has 0 bridgehead atoms. The highest BCUT2D eigenvalue weighted by Crippen LogP contribution is 2.32. The first kappa shape index (κ1) is 14.5. The Morgan fingerprint density at radius 3 is 2.53 bits per heavy atom. The third kappa shape index (κ3) is 4.60. The Hall–Kier alpha value is -0.910. The lowest BCUT2D eigenvalue weighted by Crippen LogP contribution is -2.21. The molecule has 2 aromatic rings. The monoisotopic (exact) mass is 384 g/mol. The summed E-state index contributed by atoms with van der Waals surface area (Å²) < 4.78 is 7.63. The quantitative estimate of drug-likeness (QED) is 0.768. The van der Waals surface area contributed by atoms with Crippen molar-refractivity contribution in [2.75, 3.05) is 13.2 Å². The van der Waals surface area contributed by atoms with Crippen molar-refractivity contribution in [3.8, 4) is 5.75 Å². The molecule has 1 heterocycles. The second-order valence-corrected chi connectivity index (χ2v) is 5.61. The van der Waals surface area contributed by atoms with Crippen LogP contribution in [-0.2, 0) is 6.54 Å². The van der Waals surface area contributed by atoms with Crippen molar-refractivity contribution < 1.29 is 4.74 Å². The first-order valence-corrected chi connectivity index (χ1v) is 7.53. The van der Waals surface area contributed by atoms with E-state index in [1.54, 1.807) is 6.20 Å². The van der Waals surface area contributed by atoms with Crippen LogP contribution in [0.3, 0.4) is 0 Å². The van der Waals surface area contributed by atoms with Crippen molar-refractivity contribution in [3.05, 3.63) is 57.2 Å². The number of pyridine rings is 1. The van der Waals surface area contributed by atoms with E-state index in [-0.39, 0.29) is 0 Å². The highest BCUT2D eigenvalue weighted by Gasteiger charge is 2.04. The second kappa shape index (κ2) is 7.62. The van der Waals surface area contributed by atoms with Gasteiger partial charge in [0.25, 0.3) is 0 Å². The molecule has 100 valence electrons. The van der Waals surface area contributed by atoms with Crippen molar-refractivity contribution in [3.63, 3.8) is 0 Å². The predicted molar refractivity (Wildman–Crippen MR) is 83.3 cm³/mol. The van der Waals surface area contributed by atoms with Gasteiger partial charge in [0.1, 0.15) is 12.4 Å². The number of nitrogens with zero attached hydrogens (tertiary/aromatic N) is 1. The minimum Gasteiger partial charge on any atom is -0.490 e. The van der Waals surface area contributed by atoms with Crippen molar-refractivity contribution >= 4 is 31.9 Å². The van der Waals surface area contributed by atoms with Gasteiger partial charge in [0.05, 0.1) is 14.6 Å². The van der Waals surface area contributed by atoms with Gasteiger partial charge in [0.15, 0.2) is 0 Å². The van der Waals surface area contributed by atoms with Crippen LogP contribution in [0.5, 0.6) is 5.75 Å². The summed E-state index contributed by atoms with van der Waals surface area (Å²) in [5, 5.41) is 3.29. The molecule has 5 heteroatoms.